The zero-order chi connectivity index (χ0) is 13.1. The molecule has 0 unspecified atom stereocenters. The Morgan fingerprint density at radius 3 is 2.44 bits per heavy atom. The van der Waals surface area contributed by atoms with E-state index in [1.165, 1.54) is 12.1 Å². The maximum atomic E-state index is 10.7. The van der Waals surface area contributed by atoms with Gasteiger partial charge in [0.15, 0.2) is 0 Å². The van der Waals surface area contributed by atoms with Gasteiger partial charge in [-0.3, -0.25) is 10.1 Å². The molecule has 0 spiro atoms. The van der Waals surface area contributed by atoms with Crippen molar-refractivity contribution >= 4 is 21.6 Å². The number of rotatable bonds is 3. The fourth-order valence-electron chi connectivity index (χ4n) is 1.55. The number of aryl methyl sites for hydroxylation is 1. The van der Waals surface area contributed by atoms with Crippen molar-refractivity contribution in [3.05, 3.63) is 62.6 Å². The summed E-state index contributed by atoms with van der Waals surface area (Å²) in [6.07, 6.45) is 0. The van der Waals surface area contributed by atoms with E-state index in [0.29, 0.717) is 21.5 Å². The maximum Gasteiger partial charge on any atom is 0.271 e. The molecular weight excluding hydrogens is 298 g/mol. The monoisotopic (exact) mass is 307 g/mol. The van der Waals surface area contributed by atoms with Gasteiger partial charge in [0.2, 0.25) is 0 Å². The van der Waals surface area contributed by atoms with E-state index in [-0.39, 0.29) is 5.69 Å². The van der Waals surface area contributed by atoms with Crippen LogP contribution in [0.1, 0.15) is 5.56 Å². The minimum atomic E-state index is -0.427. The van der Waals surface area contributed by atoms with Crippen LogP contribution in [-0.4, -0.2) is 4.92 Å². The molecule has 0 amide bonds. The van der Waals surface area contributed by atoms with Crippen LogP contribution in [0.25, 0.3) is 0 Å². The number of ether oxygens (including phenoxy) is 1. The van der Waals surface area contributed by atoms with Crippen molar-refractivity contribution < 1.29 is 9.66 Å². The first-order valence-corrected chi connectivity index (χ1v) is 6.04. The molecule has 0 fully saturated rings. The average molecular weight is 308 g/mol. The van der Waals surface area contributed by atoms with Gasteiger partial charge in [-0.25, -0.2) is 0 Å². The lowest BCUT2D eigenvalue weighted by Crippen LogP contribution is -1.93. The summed E-state index contributed by atoms with van der Waals surface area (Å²) in [5, 5.41) is 10.7. The van der Waals surface area contributed by atoms with Crippen LogP contribution in [0.2, 0.25) is 0 Å². The van der Waals surface area contributed by atoms with E-state index in [9.17, 15) is 10.1 Å². The minimum Gasteiger partial charge on any atom is -0.456 e. The molecule has 0 N–H and O–H groups in total. The molecular formula is C13H10BrNO3. The second-order valence-electron chi connectivity index (χ2n) is 3.75. The Morgan fingerprint density at radius 2 is 1.89 bits per heavy atom. The predicted octanol–water partition coefficient (Wildman–Crippen LogP) is 4.46. The maximum absolute atomic E-state index is 10.7. The van der Waals surface area contributed by atoms with Crippen LogP contribution in [0.5, 0.6) is 11.5 Å². The van der Waals surface area contributed by atoms with Crippen molar-refractivity contribution in [3.63, 3.8) is 0 Å². The fourth-order valence-corrected chi connectivity index (χ4v) is 2.18. The van der Waals surface area contributed by atoms with Crippen LogP contribution in [0, 0.1) is 17.0 Å². The first-order chi connectivity index (χ1) is 8.58. The molecule has 0 radical (unpaired) electrons. The number of nitrogens with zero attached hydrogens (tertiary/aromatic N) is 1. The Morgan fingerprint density at radius 1 is 1.22 bits per heavy atom. The Bertz CT molecular complexity index is 561. The highest BCUT2D eigenvalue weighted by Gasteiger charge is 2.14. The summed E-state index contributed by atoms with van der Waals surface area (Å²) in [7, 11) is 0. The molecule has 2 rings (SSSR count). The summed E-state index contributed by atoms with van der Waals surface area (Å²) in [5.41, 5.74) is 0.750. The van der Waals surface area contributed by atoms with Crippen LogP contribution >= 0.6 is 15.9 Å². The van der Waals surface area contributed by atoms with Gasteiger partial charge in [0.1, 0.15) is 11.5 Å². The lowest BCUT2D eigenvalue weighted by Gasteiger charge is -2.10. The number of benzene rings is 2. The van der Waals surface area contributed by atoms with Gasteiger partial charge >= 0.3 is 0 Å². The predicted molar refractivity (Wildman–Crippen MR) is 72.0 cm³/mol. The molecule has 0 saturated heterocycles. The minimum absolute atomic E-state index is 0.0415. The lowest BCUT2D eigenvalue weighted by molar-refractivity contribution is -0.385. The van der Waals surface area contributed by atoms with Crippen molar-refractivity contribution in [2.45, 2.75) is 6.92 Å². The highest BCUT2D eigenvalue weighted by Crippen LogP contribution is 2.36. The van der Waals surface area contributed by atoms with Crippen molar-refractivity contribution in [1.29, 1.82) is 0 Å². The van der Waals surface area contributed by atoms with E-state index in [0.717, 1.165) is 0 Å². The van der Waals surface area contributed by atoms with Crippen LogP contribution in [-0.2, 0) is 0 Å². The summed E-state index contributed by atoms with van der Waals surface area (Å²) in [6, 6.07) is 12.2. The van der Waals surface area contributed by atoms with E-state index in [1.807, 2.05) is 30.3 Å². The second kappa shape index (κ2) is 5.18. The fraction of sp³-hybridized carbons (Fsp3) is 0.0769. The van der Waals surface area contributed by atoms with Crippen LogP contribution in [0.3, 0.4) is 0 Å². The standard InChI is InChI=1S/C13H10BrNO3/c1-9-7-10(15(16)17)8-12(14)13(9)18-11-5-3-2-4-6-11/h2-8H,1H3. The van der Waals surface area contributed by atoms with Gasteiger partial charge in [-0.15, -0.1) is 0 Å². The normalized spacial score (nSPS) is 10.1. The molecule has 4 nitrogen and oxygen atoms in total. The molecule has 5 heteroatoms. The first kappa shape index (κ1) is 12.6. The zero-order valence-electron chi connectivity index (χ0n) is 9.59. The second-order valence-corrected chi connectivity index (χ2v) is 4.60. The quantitative estimate of drug-likeness (QED) is 0.621. The third kappa shape index (κ3) is 2.68. The molecule has 0 aromatic heterocycles. The number of hydrogen-bond acceptors (Lipinski definition) is 3. The average Bonchev–Trinajstić information content (AvgIpc) is 2.34. The summed E-state index contributed by atoms with van der Waals surface area (Å²) < 4.78 is 6.27. The summed E-state index contributed by atoms with van der Waals surface area (Å²) in [4.78, 5) is 10.3. The molecule has 0 aliphatic rings. The Labute approximate surface area is 112 Å². The SMILES string of the molecule is Cc1cc([N+](=O)[O-])cc(Br)c1Oc1ccccc1. The first-order valence-electron chi connectivity index (χ1n) is 5.25. The summed E-state index contributed by atoms with van der Waals surface area (Å²) in [5.74, 6) is 1.28. The van der Waals surface area contributed by atoms with Crippen molar-refractivity contribution in [2.24, 2.45) is 0 Å². The molecule has 0 aliphatic heterocycles. The molecule has 0 atom stereocenters. The number of nitro benzene ring substituents is 1. The molecule has 18 heavy (non-hydrogen) atoms. The number of hydrogen-bond donors (Lipinski definition) is 0. The van der Waals surface area contributed by atoms with Gasteiger partial charge in [-0.1, -0.05) is 18.2 Å². The molecule has 2 aromatic rings. The third-order valence-corrected chi connectivity index (χ3v) is 2.98. The molecule has 0 aliphatic carbocycles. The van der Waals surface area contributed by atoms with Gasteiger partial charge in [0, 0.05) is 12.1 Å². The smallest absolute Gasteiger partial charge is 0.271 e. The van der Waals surface area contributed by atoms with E-state index in [2.05, 4.69) is 15.9 Å². The van der Waals surface area contributed by atoms with Crippen molar-refractivity contribution in [1.82, 2.24) is 0 Å². The summed E-state index contributed by atoms with van der Waals surface area (Å²) >= 11 is 3.29. The van der Waals surface area contributed by atoms with Crippen LogP contribution in [0.4, 0.5) is 5.69 Å². The number of nitro groups is 1. The molecule has 0 bridgehead atoms. The van der Waals surface area contributed by atoms with Gasteiger partial charge in [0.25, 0.3) is 5.69 Å². The third-order valence-electron chi connectivity index (χ3n) is 2.39. The van der Waals surface area contributed by atoms with Crippen LogP contribution < -0.4 is 4.74 Å². The largest absolute Gasteiger partial charge is 0.456 e. The number of para-hydroxylation sites is 1. The lowest BCUT2D eigenvalue weighted by atomic mass is 10.2. The highest BCUT2D eigenvalue weighted by molar-refractivity contribution is 9.10. The van der Waals surface area contributed by atoms with Gasteiger partial charge in [0.05, 0.1) is 9.40 Å². The van der Waals surface area contributed by atoms with Gasteiger partial charge in [-0.2, -0.15) is 0 Å². The van der Waals surface area contributed by atoms with Crippen LogP contribution in [0.15, 0.2) is 46.9 Å². The van der Waals surface area contributed by atoms with Crippen molar-refractivity contribution in [3.8, 4) is 11.5 Å². The molecule has 0 heterocycles. The van der Waals surface area contributed by atoms with E-state index in [1.54, 1.807) is 6.92 Å². The number of non-ortho nitro benzene ring substituents is 1. The van der Waals surface area contributed by atoms with E-state index in [4.69, 9.17) is 4.74 Å². The Balaban J connectivity index is 2.37. The Kier molecular flexibility index (Phi) is 3.62. The highest BCUT2D eigenvalue weighted by atomic mass is 79.9. The van der Waals surface area contributed by atoms with Gasteiger partial charge < -0.3 is 4.74 Å². The zero-order valence-corrected chi connectivity index (χ0v) is 11.2. The topological polar surface area (TPSA) is 52.4 Å². The summed E-state index contributed by atoms with van der Waals surface area (Å²) in [6.45, 7) is 1.77. The van der Waals surface area contributed by atoms with E-state index >= 15 is 0 Å². The molecule has 2 aromatic carbocycles. The Hall–Kier alpha value is -1.88. The van der Waals surface area contributed by atoms with Gasteiger partial charge in [-0.05, 0) is 40.5 Å². The molecule has 92 valence electrons. The van der Waals surface area contributed by atoms with E-state index < -0.39 is 4.92 Å². The molecule has 0 saturated carbocycles. The van der Waals surface area contributed by atoms with Crippen molar-refractivity contribution in [2.75, 3.05) is 0 Å². The number of halogens is 1.